The number of anilines is 3. The molecule has 1 aromatic heterocycles. The van der Waals surface area contributed by atoms with Crippen LogP contribution in [-0.4, -0.2) is 41.4 Å². The van der Waals surface area contributed by atoms with E-state index in [2.05, 4.69) is 32.7 Å². The van der Waals surface area contributed by atoms with Gasteiger partial charge in [0.15, 0.2) is 0 Å². The van der Waals surface area contributed by atoms with Gasteiger partial charge in [0.2, 0.25) is 5.95 Å². The lowest BCUT2D eigenvalue weighted by molar-refractivity contribution is 0.0698. The van der Waals surface area contributed by atoms with Crippen molar-refractivity contribution in [3.63, 3.8) is 0 Å². The van der Waals surface area contributed by atoms with Gasteiger partial charge in [-0.3, -0.25) is 0 Å². The van der Waals surface area contributed by atoms with Crippen molar-refractivity contribution in [2.75, 3.05) is 23.8 Å². The summed E-state index contributed by atoms with van der Waals surface area (Å²) in [4.78, 5) is 9.08. The van der Waals surface area contributed by atoms with Gasteiger partial charge in [0, 0.05) is 24.1 Å². The highest BCUT2D eigenvalue weighted by Gasteiger charge is 2.36. The highest BCUT2D eigenvalue weighted by molar-refractivity contribution is 6.62. The van der Waals surface area contributed by atoms with Gasteiger partial charge in [-0.15, -0.1) is 0 Å². The summed E-state index contributed by atoms with van der Waals surface area (Å²) >= 11 is 0. The molecule has 2 aromatic rings. The molecule has 1 saturated heterocycles. The molecule has 9 heteroatoms. The molecule has 5 rings (SSSR count). The number of rotatable bonds is 5. The first-order valence-electron chi connectivity index (χ1n) is 10.4. The Morgan fingerprint density at radius 3 is 2.97 bits per heavy atom. The van der Waals surface area contributed by atoms with Crippen LogP contribution in [0, 0.1) is 24.2 Å². The van der Waals surface area contributed by atoms with Crippen molar-refractivity contribution < 1.29 is 14.4 Å². The number of benzene rings is 1. The van der Waals surface area contributed by atoms with Crippen molar-refractivity contribution in [3.8, 4) is 6.07 Å². The van der Waals surface area contributed by atoms with E-state index in [0.29, 0.717) is 37.5 Å². The van der Waals surface area contributed by atoms with Crippen LogP contribution in [-0.2, 0) is 16.0 Å². The van der Waals surface area contributed by atoms with Crippen LogP contribution in [0.25, 0.3) is 0 Å². The molecule has 0 amide bonds. The molecule has 3 N–H and O–H groups in total. The maximum Gasteiger partial charge on any atom is 0.492 e. The van der Waals surface area contributed by atoms with Crippen molar-refractivity contribution in [1.82, 2.24) is 9.97 Å². The Balaban J connectivity index is 1.39. The monoisotopic (exact) mass is 405 g/mol. The van der Waals surface area contributed by atoms with Gasteiger partial charge in [-0.1, -0.05) is 0 Å². The normalized spacial score (nSPS) is 23.0. The Morgan fingerprint density at radius 1 is 1.30 bits per heavy atom. The zero-order chi connectivity index (χ0) is 20.7. The van der Waals surface area contributed by atoms with Gasteiger partial charge in [0.05, 0.1) is 31.2 Å². The third kappa shape index (κ3) is 3.74. The van der Waals surface area contributed by atoms with Crippen LogP contribution in [0.15, 0.2) is 18.3 Å². The highest BCUT2D eigenvalue weighted by Crippen LogP contribution is 2.41. The fourth-order valence-electron chi connectivity index (χ4n) is 4.20. The molecule has 0 bridgehead atoms. The summed E-state index contributed by atoms with van der Waals surface area (Å²) < 4.78 is 11.0. The van der Waals surface area contributed by atoms with E-state index in [1.54, 1.807) is 6.20 Å². The first kappa shape index (κ1) is 19.3. The molecule has 2 unspecified atom stereocenters. The fraction of sp³-hybridized carbons (Fsp3) is 0.476. The van der Waals surface area contributed by atoms with Crippen molar-refractivity contribution in [3.05, 3.63) is 35.0 Å². The molecule has 2 fully saturated rings. The van der Waals surface area contributed by atoms with Crippen LogP contribution in [0.4, 0.5) is 17.5 Å². The summed E-state index contributed by atoms with van der Waals surface area (Å²) in [6.45, 7) is 3.45. The van der Waals surface area contributed by atoms with E-state index in [0.717, 1.165) is 47.1 Å². The lowest BCUT2D eigenvalue weighted by Crippen LogP contribution is -2.38. The number of aryl methyl sites for hydroxylation is 1. The van der Waals surface area contributed by atoms with Crippen LogP contribution in [0.1, 0.15) is 41.9 Å². The smallest absolute Gasteiger partial charge is 0.423 e. The topological polar surface area (TPSA) is 112 Å². The van der Waals surface area contributed by atoms with Gasteiger partial charge in [0.1, 0.15) is 5.82 Å². The second-order valence-electron chi connectivity index (χ2n) is 8.28. The first-order valence-corrected chi connectivity index (χ1v) is 10.4. The summed E-state index contributed by atoms with van der Waals surface area (Å²) in [5.41, 5.74) is 4.89. The lowest BCUT2D eigenvalue weighted by Gasteiger charge is -2.28. The number of nitriles is 1. The second kappa shape index (κ2) is 7.87. The molecule has 0 radical (unpaired) electrons. The average Bonchev–Trinajstić information content (AvgIpc) is 3.54. The predicted molar refractivity (Wildman–Crippen MR) is 113 cm³/mol. The molecule has 2 aliphatic heterocycles. The third-order valence-corrected chi connectivity index (χ3v) is 6.03. The second-order valence-corrected chi connectivity index (χ2v) is 8.28. The summed E-state index contributed by atoms with van der Waals surface area (Å²) in [5.74, 6) is 1.57. The van der Waals surface area contributed by atoms with Crippen molar-refractivity contribution in [1.29, 1.82) is 5.26 Å². The molecule has 154 valence electrons. The van der Waals surface area contributed by atoms with Crippen molar-refractivity contribution in [2.45, 2.75) is 44.8 Å². The minimum Gasteiger partial charge on any atom is -0.423 e. The van der Waals surface area contributed by atoms with E-state index < -0.39 is 7.12 Å². The van der Waals surface area contributed by atoms with E-state index in [1.165, 1.54) is 0 Å². The number of fused-ring (bicyclic) bond motifs is 1. The largest absolute Gasteiger partial charge is 0.492 e. The molecule has 30 heavy (non-hydrogen) atoms. The maximum atomic E-state index is 10.2. The molecule has 2 atom stereocenters. The number of nitrogens with zero attached hydrogens (tertiary/aromatic N) is 3. The Kier molecular flexibility index (Phi) is 5.07. The summed E-state index contributed by atoms with van der Waals surface area (Å²) in [5, 5.41) is 26.3. The van der Waals surface area contributed by atoms with Gasteiger partial charge in [-0.05, 0) is 60.8 Å². The van der Waals surface area contributed by atoms with Gasteiger partial charge in [-0.2, -0.15) is 10.2 Å². The van der Waals surface area contributed by atoms with Crippen LogP contribution in [0.3, 0.4) is 0 Å². The maximum absolute atomic E-state index is 10.2. The van der Waals surface area contributed by atoms with Gasteiger partial charge >= 0.3 is 7.12 Å². The van der Waals surface area contributed by atoms with Crippen LogP contribution >= 0.6 is 0 Å². The number of aromatic nitrogens is 2. The summed E-state index contributed by atoms with van der Waals surface area (Å²) in [7, 11) is -0.832. The molecule has 3 aliphatic rings. The molecule has 1 aliphatic carbocycles. The highest BCUT2D eigenvalue weighted by atomic mass is 16.5. The van der Waals surface area contributed by atoms with Crippen LogP contribution in [0.2, 0.25) is 0 Å². The number of hydrogen-bond donors (Lipinski definition) is 3. The minimum absolute atomic E-state index is 0.0923. The Hall–Kier alpha value is -2.67. The van der Waals surface area contributed by atoms with E-state index >= 15 is 0 Å². The summed E-state index contributed by atoms with van der Waals surface area (Å²) in [6.07, 6.45) is 4.77. The summed E-state index contributed by atoms with van der Waals surface area (Å²) in [6, 6.07) is 6.34. The van der Waals surface area contributed by atoms with Crippen LogP contribution < -0.4 is 16.1 Å². The van der Waals surface area contributed by atoms with Gasteiger partial charge < -0.3 is 25.0 Å². The number of hydrogen-bond acceptors (Lipinski definition) is 8. The standard InChI is InChI=1S/C21H24BN5O3/c1-12-9-24-21(27-20(12)26-18-11-29-5-4-14(18)8-23)25-16-6-15-10-30-22(28)19(15)17(7-16)13-2-3-13/h6-7,9,13-14,18,28H,2-5,10-11H2,1H3,(H2,24,25,26,27). The Bertz CT molecular complexity index is 1010. The number of ether oxygens (including phenoxy) is 1. The molecule has 1 aromatic carbocycles. The first-order chi connectivity index (χ1) is 14.6. The molecule has 0 spiro atoms. The molecule has 3 heterocycles. The van der Waals surface area contributed by atoms with E-state index in [9.17, 15) is 10.3 Å². The van der Waals surface area contributed by atoms with Crippen LogP contribution in [0.5, 0.6) is 0 Å². The van der Waals surface area contributed by atoms with E-state index in [4.69, 9.17) is 9.39 Å². The van der Waals surface area contributed by atoms with Gasteiger partial charge in [-0.25, -0.2) is 4.98 Å². The molecular weight excluding hydrogens is 381 g/mol. The van der Waals surface area contributed by atoms with Crippen molar-refractivity contribution >= 4 is 30.0 Å². The molecular formula is C21H24BN5O3. The lowest BCUT2D eigenvalue weighted by atomic mass is 9.75. The SMILES string of the molecule is Cc1cnc(Nc2cc3c(c(C4CC4)c2)B(O)OC3)nc1NC1COCCC1C#N. The third-order valence-electron chi connectivity index (χ3n) is 6.03. The van der Waals surface area contributed by atoms with Crippen molar-refractivity contribution in [2.24, 2.45) is 5.92 Å². The quantitative estimate of drug-likeness (QED) is 0.648. The van der Waals surface area contributed by atoms with Gasteiger partial charge in [0.25, 0.3) is 0 Å². The minimum atomic E-state index is -0.832. The number of nitrogens with one attached hydrogen (secondary N) is 2. The van der Waals surface area contributed by atoms with E-state index in [-0.39, 0.29) is 12.0 Å². The average molecular weight is 405 g/mol. The zero-order valence-corrected chi connectivity index (χ0v) is 16.9. The fourth-order valence-corrected chi connectivity index (χ4v) is 4.20. The Morgan fingerprint density at radius 2 is 2.17 bits per heavy atom. The molecule has 1 saturated carbocycles. The van der Waals surface area contributed by atoms with E-state index in [1.807, 2.05) is 13.0 Å². The molecule has 8 nitrogen and oxygen atoms in total. The Labute approximate surface area is 175 Å². The zero-order valence-electron chi connectivity index (χ0n) is 16.9. The predicted octanol–water partition coefficient (Wildman–Crippen LogP) is 1.96.